The Labute approximate surface area is 68.5 Å². The van der Waals surface area contributed by atoms with Crippen molar-refractivity contribution in [2.24, 2.45) is 11.3 Å². The van der Waals surface area contributed by atoms with Gasteiger partial charge in [-0.15, -0.1) is 0 Å². The molecular formula is C9H17NO. The molecule has 0 bridgehead atoms. The first-order valence-corrected chi connectivity index (χ1v) is 4.49. The highest BCUT2D eigenvalue weighted by Crippen LogP contribution is 2.40. The Bertz CT molecular complexity index is 154. The highest BCUT2D eigenvalue weighted by atomic mass is 16.5. The maximum absolute atomic E-state index is 5.31. The van der Waals surface area contributed by atoms with Crippen molar-refractivity contribution in [2.45, 2.75) is 13.3 Å². The zero-order chi connectivity index (χ0) is 7.90. The Morgan fingerprint density at radius 1 is 1.45 bits per heavy atom. The fourth-order valence-electron chi connectivity index (χ4n) is 2.23. The zero-order valence-corrected chi connectivity index (χ0v) is 7.47. The van der Waals surface area contributed by atoms with Gasteiger partial charge in [-0.3, -0.25) is 0 Å². The predicted octanol–water partition coefficient (Wildman–Crippen LogP) is 0.975. The molecule has 2 rings (SSSR count). The molecule has 1 atom stereocenters. The lowest BCUT2D eigenvalue weighted by Crippen LogP contribution is -2.57. The SMILES string of the molecule is CC1CCN(C)CC12COC2. The van der Waals surface area contributed by atoms with Gasteiger partial charge in [0.2, 0.25) is 0 Å². The molecule has 0 N–H and O–H groups in total. The second kappa shape index (κ2) is 2.46. The van der Waals surface area contributed by atoms with E-state index in [4.69, 9.17) is 4.74 Å². The van der Waals surface area contributed by atoms with Gasteiger partial charge in [-0.1, -0.05) is 6.92 Å². The van der Waals surface area contributed by atoms with Crippen LogP contribution in [0.2, 0.25) is 0 Å². The number of hydrogen-bond donors (Lipinski definition) is 0. The van der Waals surface area contributed by atoms with Gasteiger partial charge in [-0.2, -0.15) is 0 Å². The van der Waals surface area contributed by atoms with Gasteiger partial charge in [0.25, 0.3) is 0 Å². The van der Waals surface area contributed by atoms with Crippen molar-refractivity contribution in [2.75, 3.05) is 33.4 Å². The summed E-state index contributed by atoms with van der Waals surface area (Å²) in [5.74, 6) is 0.868. The molecule has 2 saturated heterocycles. The second-order valence-electron chi connectivity index (χ2n) is 4.28. The first-order chi connectivity index (χ1) is 5.23. The van der Waals surface area contributed by atoms with Crippen molar-refractivity contribution in [3.05, 3.63) is 0 Å². The van der Waals surface area contributed by atoms with Crippen molar-refractivity contribution in [3.8, 4) is 0 Å². The van der Waals surface area contributed by atoms with Crippen LogP contribution in [0.15, 0.2) is 0 Å². The van der Waals surface area contributed by atoms with Crippen LogP contribution in [0.1, 0.15) is 13.3 Å². The van der Waals surface area contributed by atoms with E-state index < -0.39 is 0 Å². The maximum Gasteiger partial charge on any atom is 0.0559 e. The van der Waals surface area contributed by atoms with Gasteiger partial charge < -0.3 is 9.64 Å². The van der Waals surface area contributed by atoms with E-state index in [0.29, 0.717) is 5.41 Å². The molecular weight excluding hydrogens is 138 g/mol. The van der Waals surface area contributed by atoms with E-state index in [0.717, 1.165) is 19.1 Å². The molecule has 2 aliphatic heterocycles. The van der Waals surface area contributed by atoms with E-state index in [1.807, 2.05) is 0 Å². The molecule has 0 saturated carbocycles. The number of nitrogens with zero attached hydrogens (tertiary/aromatic N) is 1. The van der Waals surface area contributed by atoms with Gasteiger partial charge in [-0.25, -0.2) is 0 Å². The molecule has 1 spiro atoms. The largest absolute Gasteiger partial charge is 0.380 e. The first-order valence-electron chi connectivity index (χ1n) is 4.49. The molecule has 0 radical (unpaired) electrons. The summed E-state index contributed by atoms with van der Waals surface area (Å²) in [7, 11) is 2.21. The van der Waals surface area contributed by atoms with Crippen LogP contribution in [0, 0.1) is 11.3 Å². The van der Waals surface area contributed by atoms with E-state index >= 15 is 0 Å². The summed E-state index contributed by atoms with van der Waals surface area (Å²) < 4.78 is 5.31. The van der Waals surface area contributed by atoms with Crippen LogP contribution in [-0.2, 0) is 4.74 Å². The summed E-state index contributed by atoms with van der Waals surface area (Å²) in [6.45, 7) is 6.88. The van der Waals surface area contributed by atoms with Crippen LogP contribution in [0.3, 0.4) is 0 Å². The Hall–Kier alpha value is -0.0800. The third-order valence-corrected chi connectivity index (χ3v) is 3.35. The van der Waals surface area contributed by atoms with Crippen LogP contribution in [0.5, 0.6) is 0 Å². The molecule has 0 aliphatic carbocycles. The van der Waals surface area contributed by atoms with E-state index in [1.165, 1.54) is 19.5 Å². The summed E-state index contributed by atoms with van der Waals surface area (Å²) >= 11 is 0. The van der Waals surface area contributed by atoms with E-state index in [2.05, 4.69) is 18.9 Å². The molecule has 11 heavy (non-hydrogen) atoms. The summed E-state index contributed by atoms with van der Waals surface area (Å²) in [5, 5.41) is 0. The molecule has 2 nitrogen and oxygen atoms in total. The van der Waals surface area contributed by atoms with Gasteiger partial charge >= 0.3 is 0 Å². The molecule has 0 aromatic heterocycles. The van der Waals surface area contributed by atoms with Gasteiger partial charge in [0.1, 0.15) is 0 Å². The molecule has 0 amide bonds. The van der Waals surface area contributed by atoms with E-state index in [-0.39, 0.29) is 0 Å². The topological polar surface area (TPSA) is 12.5 Å². The fourth-order valence-corrected chi connectivity index (χ4v) is 2.23. The lowest BCUT2D eigenvalue weighted by molar-refractivity contribution is -0.167. The Morgan fingerprint density at radius 2 is 2.18 bits per heavy atom. The molecule has 0 aromatic carbocycles. The minimum atomic E-state index is 0.535. The molecule has 1 unspecified atom stereocenters. The molecule has 2 heterocycles. The Balaban J connectivity index is 2.04. The first kappa shape index (κ1) is 7.56. The minimum absolute atomic E-state index is 0.535. The van der Waals surface area contributed by atoms with Crippen molar-refractivity contribution in [3.63, 3.8) is 0 Å². The molecule has 2 fully saturated rings. The smallest absolute Gasteiger partial charge is 0.0559 e. The number of rotatable bonds is 0. The average Bonchev–Trinajstić information content (AvgIpc) is 1.91. The summed E-state index contributed by atoms with van der Waals surface area (Å²) in [5.41, 5.74) is 0.535. The number of hydrogen-bond acceptors (Lipinski definition) is 2. The van der Waals surface area contributed by atoms with Crippen LogP contribution >= 0.6 is 0 Å². The monoisotopic (exact) mass is 155 g/mol. The fraction of sp³-hybridized carbons (Fsp3) is 1.00. The summed E-state index contributed by atoms with van der Waals surface area (Å²) in [4.78, 5) is 2.43. The standard InChI is InChI=1S/C9H17NO/c1-8-3-4-10(2)5-9(8)6-11-7-9/h8H,3-7H2,1-2H3. The summed E-state index contributed by atoms with van der Waals surface area (Å²) in [6.07, 6.45) is 1.35. The van der Waals surface area contributed by atoms with E-state index in [1.54, 1.807) is 0 Å². The highest BCUT2D eigenvalue weighted by Gasteiger charge is 2.46. The third-order valence-electron chi connectivity index (χ3n) is 3.35. The van der Waals surface area contributed by atoms with Crippen molar-refractivity contribution in [1.29, 1.82) is 0 Å². The van der Waals surface area contributed by atoms with Gasteiger partial charge in [-0.05, 0) is 25.9 Å². The van der Waals surface area contributed by atoms with Crippen LogP contribution in [0.4, 0.5) is 0 Å². The number of ether oxygens (including phenoxy) is 1. The van der Waals surface area contributed by atoms with Crippen LogP contribution in [-0.4, -0.2) is 38.3 Å². The normalized spacial score (nSPS) is 37.1. The number of piperidine rings is 1. The molecule has 0 aromatic rings. The van der Waals surface area contributed by atoms with Crippen molar-refractivity contribution >= 4 is 0 Å². The van der Waals surface area contributed by atoms with Gasteiger partial charge in [0.15, 0.2) is 0 Å². The van der Waals surface area contributed by atoms with Crippen molar-refractivity contribution in [1.82, 2.24) is 4.90 Å². The third kappa shape index (κ3) is 1.09. The lowest BCUT2D eigenvalue weighted by atomic mass is 9.70. The van der Waals surface area contributed by atoms with Crippen LogP contribution < -0.4 is 0 Å². The average molecular weight is 155 g/mol. The lowest BCUT2D eigenvalue weighted by Gasteiger charge is -2.51. The quantitative estimate of drug-likeness (QED) is 0.517. The van der Waals surface area contributed by atoms with Crippen molar-refractivity contribution < 1.29 is 4.74 Å². The van der Waals surface area contributed by atoms with Gasteiger partial charge in [0.05, 0.1) is 13.2 Å². The highest BCUT2D eigenvalue weighted by molar-refractivity contribution is 4.95. The minimum Gasteiger partial charge on any atom is -0.380 e. The summed E-state index contributed by atoms with van der Waals surface area (Å²) in [6, 6.07) is 0. The molecule has 2 heteroatoms. The van der Waals surface area contributed by atoms with Crippen LogP contribution in [0.25, 0.3) is 0 Å². The molecule has 64 valence electrons. The maximum atomic E-state index is 5.31. The Kier molecular flexibility index (Phi) is 1.69. The zero-order valence-electron chi connectivity index (χ0n) is 7.47. The Morgan fingerprint density at radius 3 is 2.64 bits per heavy atom. The predicted molar refractivity (Wildman–Crippen MR) is 44.5 cm³/mol. The van der Waals surface area contributed by atoms with E-state index in [9.17, 15) is 0 Å². The van der Waals surface area contributed by atoms with Gasteiger partial charge in [0, 0.05) is 12.0 Å². The molecule has 2 aliphatic rings. The number of likely N-dealkylation sites (tertiary alicyclic amines) is 1. The second-order valence-corrected chi connectivity index (χ2v) is 4.28.